The zero-order chi connectivity index (χ0) is 13.0. The minimum absolute atomic E-state index is 0.376. The van der Waals surface area contributed by atoms with Crippen LogP contribution in [0.15, 0.2) is 6.33 Å². The standard InChI is InChI=1S/C8H9N5.C4H10/c1-4-5(2)13-8-6(12-4)7(9)10-3-11-8;1-4(2)3/h3H,1-2H3,(H2,9,10,11,13);4H,1-3H3. The molecule has 2 aromatic rings. The maximum atomic E-state index is 5.62. The Bertz CT molecular complexity index is 505. The first-order valence-electron chi connectivity index (χ1n) is 5.63. The van der Waals surface area contributed by atoms with Crippen LogP contribution >= 0.6 is 0 Å². The van der Waals surface area contributed by atoms with E-state index in [-0.39, 0.29) is 0 Å². The first-order chi connectivity index (χ1) is 7.91. The number of nitrogen functional groups attached to an aromatic ring is 1. The van der Waals surface area contributed by atoms with E-state index >= 15 is 0 Å². The van der Waals surface area contributed by atoms with Gasteiger partial charge in [0, 0.05) is 0 Å². The first kappa shape index (κ1) is 13.3. The van der Waals surface area contributed by atoms with Gasteiger partial charge >= 0.3 is 0 Å². The second-order valence-corrected chi connectivity index (χ2v) is 4.56. The molecule has 2 aromatic heterocycles. The fourth-order valence-electron chi connectivity index (χ4n) is 1.06. The molecule has 0 aliphatic carbocycles. The molecule has 0 spiro atoms. The van der Waals surface area contributed by atoms with Crippen molar-refractivity contribution in [1.29, 1.82) is 0 Å². The van der Waals surface area contributed by atoms with Crippen molar-refractivity contribution >= 4 is 17.0 Å². The van der Waals surface area contributed by atoms with Crippen LogP contribution in [0.4, 0.5) is 5.82 Å². The van der Waals surface area contributed by atoms with Crippen molar-refractivity contribution in [3.63, 3.8) is 0 Å². The van der Waals surface area contributed by atoms with E-state index in [0.717, 1.165) is 17.3 Å². The van der Waals surface area contributed by atoms with E-state index in [9.17, 15) is 0 Å². The summed E-state index contributed by atoms with van der Waals surface area (Å²) in [5, 5.41) is 0. The summed E-state index contributed by atoms with van der Waals surface area (Å²) in [5.41, 5.74) is 8.47. The molecule has 0 fully saturated rings. The lowest BCUT2D eigenvalue weighted by molar-refractivity contribution is 0.737. The van der Waals surface area contributed by atoms with Gasteiger partial charge in [-0.1, -0.05) is 20.8 Å². The van der Waals surface area contributed by atoms with Crippen molar-refractivity contribution in [3.05, 3.63) is 17.7 Å². The van der Waals surface area contributed by atoms with E-state index in [1.165, 1.54) is 6.33 Å². The third-order valence-corrected chi connectivity index (χ3v) is 1.91. The number of nitrogens with two attached hydrogens (primary N) is 1. The van der Waals surface area contributed by atoms with Gasteiger partial charge in [0.2, 0.25) is 0 Å². The number of nitrogens with zero attached hydrogens (tertiary/aromatic N) is 4. The second kappa shape index (κ2) is 5.52. The third-order valence-electron chi connectivity index (χ3n) is 1.91. The molecule has 2 heterocycles. The number of hydrogen-bond acceptors (Lipinski definition) is 5. The Balaban J connectivity index is 0.000000317. The predicted molar refractivity (Wildman–Crippen MR) is 69.5 cm³/mol. The Labute approximate surface area is 102 Å². The van der Waals surface area contributed by atoms with E-state index < -0.39 is 0 Å². The monoisotopic (exact) mass is 233 g/mol. The van der Waals surface area contributed by atoms with Crippen LogP contribution in [0.3, 0.4) is 0 Å². The molecule has 0 saturated carbocycles. The summed E-state index contributed by atoms with van der Waals surface area (Å²) >= 11 is 0. The molecule has 0 atom stereocenters. The lowest BCUT2D eigenvalue weighted by atomic mass is 10.3. The molecule has 2 N–H and O–H groups in total. The van der Waals surface area contributed by atoms with E-state index in [2.05, 4.69) is 40.7 Å². The van der Waals surface area contributed by atoms with Crippen LogP contribution < -0.4 is 5.73 Å². The first-order valence-corrected chi connectivity index (χ1v) is 5.63. The molecule has 5 heteroatoms. The van der Waals surface area contributed by atoms with Crippen LogP contribution in [0.5, 0.6) is 0 Å². The maximum absolute atomic E-state index is 5.62. The number of rotatable bonds is 0. The van der Waals surface area contributed by atoms with Crippen LogP contribution in [-0.4, -0.2) is 19.9 Å². The molecule has 0 aromatic carbocycles. The van der Waals surface area contributed by atoms with Gasteiger partial charge in [-0.25, -0.2) is 19.9 Å². The largest absolute Gasteiger partial charge is 0.382 e. The highest BCUT2D eigenvalue weighted by molar-refractivity contribution is 5.80. The predicted octanol–water partition coefficient (Wildman–Crippen LogP) is 2.28. The lowest BCUT2D eigenvalue weighted by Crippen LogP contribution is -2.00. The molecule has 0 saturated heterocycles. The molecule has 2 rings (SSSR count). The summed E-state index contributed by atoms with van der Waals surface area (Å²) in [6.45, 7) is 10.3. The Hall–Kier alpha value is -1.78. The quantitative estimate of drug-likeness (QED) is 0.755. The van der Waals surface area contributed by atoms with Gasteiger partial charge in [0.1, 0.15) is 6.33 Å². The van der Waals surface area contributed by atoms with E-state index in [1.54, 1.807) is 0 Å². The molecule has 0 amide bonds. The normalized spacial score (nSPS) is 10.2. The molecule has 5 nitrogen and oxygen atoms in total. The molecular formula is C12H19N5. The van der Waals surface area contributed by atoms with Crippen LogP contribution in [0.25, 0.3) is 11.2 Å². The van der Waals surface area contributed by atoms with E-state index in [1.807, 2.05) is 13.8 Å². The third kappa shape index (κ3) is 3.62. The summed E-state index contributed by atoms with van der Waals surface area (Å²) in [6.07, 6.45) is 1.39. The molecule has 0 aliphatic heterocycles. The number of aryl methyl sites for hydroxylation is 2. The Morgan fingerprint density at radius 2 is 1.53 bits per heavy atom. The minimum Gasteiger partial charge on any atom is -0.382 e. The second-order valence-electron chi connectivity index (χ2n) is 4.56. The molecule has 17 heavy (non-hydrogen) atoms. The Morgan fingerprint density at radius 3 is 2.12 bits per heavy atom. The van der Waals surface area contributed by atoms with Gasteiger partial charge in [0.05, 0.1) is 11.4 Å². The zero-order valence-electron chi connectivity index (χ0n) is 11.0. The highest BCUT2D eigenvalue weighted by atomic mass is 15.0. The number of anilines is 1. The topological polar surface area (TPSA) is 77.6 Å². The highest BCUT2D eigenvalue weighted by Gasteiger charge is 2.05. The number of aromatic nitrogens is 4. The van der Waals surface area contributed by atoms with Gasteiger partial charge in [-0.05, 0) is 19.8 Å². The summed E-state index contributed by atoms with van der Waals surface area (Å²) in [7, 11) is 0. The van der Waals surface area contributed by atoms with Crippen LogP contribution in [-0.2, 0) is 0 Å². The van der Waals surface area contributed by atoms with Crippen molar-refractivity contribution in [2.75, 3.05) is 5.73 Å². The molecule has 0 bridgehead atoms. The maximum Gasteiger partial charge on any atom is 0.183 e. The van der Waals surface area contributed by atoms with Crippen molar-refractivity contribution < 1.29 is 0 Å². The van der Waals surface area contributed by atoms with Gasteiger partial charge < -0.3 is 5.73 Å². The van der Waals surface area contributed by atoms with Crippen molar-refractivity contribution in [1.82, 2.24) is 19.9 Å². The average Bonchev–Trinajstić information content (AvgIpc) is 2.20. The van der Waals surface area contributed by atoms with Crippen LogP contribution in [0, 0.1) is 19.8 Å². The summed E-state index contributed by atoms with van der Waals surface area (Å²) in [5.74, 6) is 1.21. The fourth-order valence-corrected chi connectivity index (χ4v) is 1.06. The van der Waals surface area contributed by atoms with E-state index in [0.29, 0.717) is 17.0 Å². The van der Waals surface area contributed by atoms with Gasteiger partial charge in [-0.3, -0.25) is 0 Å². The van der Waals surface area contributed by atoms with Gasteiger partial charge in [-0.2, -0.15) is 0 Å². The molecular weight excluding hydrogens is 214 g/mol. The van der Waals surface area contributed by atoms with Crippen LogP contribution in [0.1, 0.15) is 32.2 Å². The summed E-state index contributed by atoms with van der Waals surface area (Å²) in [4.78, 5) is 16.3. The van der Waals surface area contributed by atoms with Gasteiger partial charge in [0.15, 0.2) is 17.0 Å². The van der Waals surface area contributed by atoms with Crippen molar-refractivity contribution in [2.45, 2.75) is 34.6 Å². The fraction of sp³-hybridized carbons (Fsp3) is 0.500. The molecule has 0 radical (unpaired) electrons. The summed E-state index contributed by atoms with van der Waals surface area (Å²) in [6, 6.07) is 0. The number of fused-ring (bicyclic) bond motifs is 1. The van der Waals surface area contributed by atoms with E-state index in [4.69, 9.17) is 5.73 Å². The Morgan fingerprint density at radius 1 is 1.00 bits per heavy atom. The van der Waals surface area contributed by atoms with Gasteiger partial charge in [-0.15, -0.1) is 0 Å². The minimum atomic E-state index is 0.376. The lowest BCUT2D eigenvalue weighted by Gasteiger charge is -2.01. The van der Waals surface area contributed by atoms with Crippen molar-refractivity contribution in [2.24, 2.45) is 5.92 Å². The zero-order valence-corrected chi connectivity index (χ0v) is 11.0. The number of hydrogen-bond donors (Lipinski definition) is 1. The van der Waals surface area contributed by atoms with Crippen LogP contribution in [0.2, 0.25) is 0 Å². The molecule has 0 aliphatic rings. The van der Waals surface area contributed by atoms with Crippen molar-refractivity contribution in [3.8, 4) is 0 Å². The van der Waals surface area contributed by atoms with Gasteiger partial charge in [0.25, 0.3) is 0 Å². The summed E-state index contributed by atoms with van der Waals surface area (Å²) < 4.78 is 0. The highest BCUT2D eigenvalue weighted by Crippen LogP contribution is 2.13. The average molecular weight is 233 g/mol. The molecule has 0 unspecified atom stereocenters. The molecule has 92 valence electrons. The Kier molecular flexibility index (Phi) is 4.31. The smallest absolute Gasteiger partial charge is 0.183 e. The SMILES string of the molecule is CC(C)C.Cc1nc2ncnc(N)c2nc1C.